The Bertz CT molecular complexity index is 327. The van der Waals surface area contributed by atoms with Crippen molar-refractivity contribution in [3.63, 3.8) is 0 Å². The Morgan fingerprint density at radius 1 is 1.24 bits per heavy atom. The Morgan fingerprint density at radius 2 is 1.94 bits per heavy atom. The monoisotopic (exact) mass is 234 g/mol. The molecule has 2 nitrogen and oxygen atoms in total. The average molecular weight is 234 g/mol. The minimum absolute atomic E-state index is 0.374. The van der Waals surface area contributed by atoms with Crippen molar-refractivity contribution in [2.75, 3.05) is 13.4 Å². The summed E-state index contributed by atoms with van der Waals surface area (Å²) in [5.41, 5.74) is 1.37. The minimum Gasteiger partial charge on any atom is -0.468 e. The summed E-state index contributed by atoms with van der Waals surface area (Å²) in [6.45, 7) is 5.68. The van der Waals surface area contributed by atoms with Crippen LogP contribution in [0.5, 0.6) is 5.75 Å². The van der Waals surface area contributed by atoms with E-state index in [9.17, 15) is 0 Å². The summed E-state index contributed by atoms with van der Waals surface area (Å²) in [6, 6.07) is 8.35. The molecule has 0 aliphatic heterocycles. The minimum atomic E-state index is 0.374. The van der Waals surface area contributed by atoms with E-state index in [-0.39, 0.29) is 0 Å². The molecule has 1 aromatic carbocycles. The van der Waals surface area contributed by atoms with Crippen LogP contribution >= 0.6 is 0 Å². The summed E-state index contributed by atoms with van der Waals surface area (Å²) in [6.07, 6.45) is 3.82. The second-order valence-electron chi connectivity index (χ2n) is 4.95. The zero-order chi connectivity index (χ0) is 12.1. The fourth-order valence-electron chi connectivity index (χ4n) is 1.74. The summed E-state index contributed by atoms with van der Waals surface area (Å²) < 4.78 is 11.0. The van der Waals surface area contributed by atoms with Crippen LogP contribution in [0.15, 0.2) is 24.3 Å². The molecule has 0 N–H and O–H groups in total. The number of hydrogen-bond donors (Lipinski definition) is 0. The van der Waals surface area contributed by atoms with Crippen LogP contribution in [-0.4, -0.2) is 13.4 Å². The van der Waals surface area contributed by atoms with Crippen LogP contribution in [0.3, 0.4) is 0 Å². The quantitative estimate of drug-likeness (QED) is 0.525. The van der Waals surface area contributed by atoms with Gasteiger partial charge in [0.15, 0.2) is 6.79 Å². The molecule has 17 heavy (non-hydrogen) atoms. The van der Waals surface area contributed by atoms with Gasteiger partial charge in [-0.05, 0) is 48.8 Å². The van der Waals surface area contributed by atoms with Crippen LogP contribution in [0.25, 0.3) is 0 Å². The molecule has 2 heteroatoms. The second-order valence-corrected chi connectivity index (χ2v) is 4.95. The van der Waals surface area contributed by atoms with Crippen molar-refractivity contribution in [1.29, 1.82) is 0 Å². The van der Waals surface area contributed by atoms with E-state index < -0.39 is 0 Å². The highest BCUT2D eigenvalue weighted by molar-refractivity contribution is 5.29. The van der Waals surface area contributed by atoms with E-state index in [0.717, 1.165) is 18.3 Å². The van der Waals surface area contributed by atoms with Gasteiger partial charge in [0.05, 0.1) is 6.61 Å². The molecule has 1 unspecified atom stereocenters. The average Bonchev–Trinajstić information content (AvgIpc) is 3.18. The molecule has 1 saturated carbocycles. The third-order valence-corrected chi connectivity index (χ3v) is 3.42. The molecule has 1 aliphatic rings. The molecule has 0 spiro atoms. The fourth-order valence-corrected chi connectivity index (χ4v) is 1.74. The van der Waals surface area contributed by atoms with E-state index in [0.29, 0.717) is 12.7 Å². The van der Waals surface area contributed by atoms with E-state index in [2.05, 4.69) is 26.0 Å². The largest absolute Gasteiger partial charge is 0.468 e. The Kier molecular flexibility index (Phi) is 4.43. The summed E-state index contributed by atoms with van der Waals surface area (Å²) >= 11 is 0. The molecule has 0 saturated heterocycles. The van der Waals surface area contributed by atoms with Crippen molar-refractivity contribution in [2.45, 2.75) is 39.0 Å². The summed E-state index contributed by atoms with van der Waals surface area (Å²) in [5, 5.41) is 0. The van der Waals surface area contributed by atoms with E-state index in [4.69, 9.17) is 9.47 Å². The van der Waals surface area contributed by atoms with Gasteiger partial charge in [0.1, 0.15) is 5.75 Å². The summed E-state index contributed by atoms with van der Waals surface area (Å²) in [5.74, 6) is 2.31. The molecule has 2 rings (SSSR count). The van der Waals surface area contributed by atoms with Crippen molar-refractivity contribution >= 4 is 0 Å². The maximum Gasteiger partial charge on any atom is 0.189 e. The molecular formula is C15H22O2. The van der Waals surface area contributed by atoms with Crippen molar-refractivity contribution in [1.82, 2.24) is 0 Å². The Labute approximate surface area is 104 Å². The van der Waals surface area contributed by atoms with Crippen molar-refractivity contribution in [3.8, 4) is 5.75 Å². The van der Waals surface area contributed by atoms with Gasteiger partial charge >= 0.3 is 0 Å². The van der Waals surface area contributed by atoms with Crippen LogP contribution in [0.4, 0.5) is 0 Å². The van der Waals surface area contributed by atoms with Crippen LogP contribution in [0.2, 0.25) is 0 Å². The van der Waals surface area contributed by atoms with Crippen molar-refractivity contribution in [3.05, 3.63) is 29.8 Å². The molecule has 1 atom stereocenters. The first kappa shape index (κ1) is 12.4. The Balaban J connectivity index is 1.72. The second kappa shape index (κ2) is 6.06. The van der Waals surface area contributed by atoms with Gasteiger partial charge in [-0.3, -0.25) is 0 Å². The molecule has 1 aliphatic carbocycles. The van der Waals surface area contributed by atoms with Gasteiger partial charge in [-0.1, -0.05) is 26.0 Å². The van der Waals surface area contributed by atoms with Crippen LogP contribution < -0.4 is 4.74 Å². The van der Waals surface area contributed by atoms with Gasteiger partial charge in [-0.25, -0.2) is 0 Å². The molecule has 0 aromatic heterocycles. The fraction of sp³-hybridized carbons (Fsp3) is 0.600. The maximum atomic E-state index is 5.53. The highest BCUT2D eigenvalue weighted by atomic mass is 16.7. The SMILES string of the molecule is CCC(C)c1ccc(OCOCC2CC2)cc1. The standard InChI is InChI=1S/C15H22O2/c1-3-12(2)14-6-8-15(9-7-14)17-11-16-10-13-4-5-13/h6-9,12-13H,3-5,10-11H2,1-2H3. The van der Waals surface area contributed by atoms with E-state index in [1.54, 1.807) is 0 Å². The van der Waals surface area contributed by atoms with Crippen molar-refractivity contribution < 1.29 is 9.47 Å². The zero-order valence-electron chi connectivity index (χ0n) is 10.8. The zero-order valence-corrected chi connectivity index (χ0v) is 10.8. The Morgan fingerprint density at radius 3 is 2.53 bits per heavy atom. The van der Waals surface area contributed by atoms with Gasteiger partial charge in [0.2, 0.25) is 0 Å². The van der Waals surface area contributed by atoms with E-state index >= 15 is 0 Å². The lowest BCUT2D eigenvalue weighted by Crippen LogP contribution is -2.05. The lowest BCUT2D eigenvalue weighted by molar-refractivity contribution is 0.00997. The van der Waals surface area contributed by atoms with Gasteiger partial charge in [0, 0.05) is 0 Å². The number of hydrogen-bond acceptors (Lipinski definition) is 2. The first-order valence-corrected chi connectivity index (χ1v) is 6.60. The normalized spacial score (nSPS) is 16.8. The number of ether oxygens (including phenoxy) is 2. The first-order chi connectivity index (χ1) is 8.29. The third-order valence-electron chi connectivity index (χ3n) is 3.42. The Hall–Kier alpha value is -1.02. The van der Waals surface area contributed by atoms with Crippen LogP contribution in [0, 0.1) is 5.92 Å². The molecule has 0 bridgehead atoms. The lowest BCUT2D eigenvalue weighted by atomic mass is 9.99. The predicted molar refractivity (Wildman–Crippen MR) is 69.3 cm³/mol. The molecular weight excluding hydrogens is 212 g/mol. The van der Waals surface area contributed by atoms with Crippen molar-refractivity contribution in [2.24, 2.45) is 5.92 Å². The molecule has 94 valence electrons. The predicted octanol–water partition coefficient (Wildman–Crippen LogP) is 3.96. The smallest absolute Gasteiger partial charge is 0.189 e. The van der Waals surface area contributed by atoms with E-state index in [1.807, 2.05) is 12.1 Å². The van der Waals surface area contributed by atoms with Gasteiger partial charge in [0.25, 0.3) is 0 Å². The molecule has 0 radical (unpaired) electrons. The maximum absolute atomic E-state index is 5.53. The van der Waals surface area contributed by atoms with E-state index in [1.165, 1.54) is 24.8 Å². The third kappa shape index (κ3) is 4.04. The molecule has 1 aromatic rings. The van der Waals surface area contributed by atoms with Gasteiger partial charge < -0.3 is 9.47 Å². The van der Waals surface area contributed by atoms with Gasteiger partial charge in [-0.15, -0.1) is 0 Å². The molecule has 0 amide bonds. The number of rotatable bonds is 7. The summed E-state index contributed by atoms with van der Waals surface area (Å²) in [7, 11) is 0. The number of benzene rings is 1. The van der Waals surface area contributed by atoms with Crippen LogP contribution in [0.1, 0.15) is 44.6 Å². The lowest BCUT2D eigenvalue weighted by Gasteiger charge is -2.10. The summed E-state index contributed by atoms with van der Waals surface area (Å²) in [4.78, 5) is 0. The molecule has 1 fully saturated rings. The first-order valence-electron chi connectivity index (χ1n) is 6.60. The molecule has 0 heterocycles. The van der Waals surface area contributed by atoms with Gasteiger partial charge in [-0.2, -0.15) is 0 Å². The van der Waals surface area contributed by atoms with Crippen LogP contribution in [-0.2, 0) is 4.74 Å². The highest BCUT2D eigenvalue weighted by Gasteiger charge is 2.21. The topological polar surface area (TPSA) is 18.5 Å². The highest BCUT2D eigenvalue weighted by Crippen LogP contribution is 2.28.